The first-order chi connectivity index (χ1) is 13.7. The molecule has 1 N–H and O–H groups in total. The summed E-state index contributed by atoms with van der Waals surface area (Å²) in [5.41, 5.74) is 6.57. The van der Waals surface area contributed by atoms with Crippen molar-refractivity contribution in [1.29, 1.82) is 0 Å². The van der Waals surface area contributed by atoms with Gasteiger partial charge in [-0.05, 0) is 41.8 Å². The Morgan fingerprint density at radius 1 is 1.00 bits per heavy atom. The van der Waals surface area contributed by atoms with E-state index < -0.39 is 0 Å². The number of H-pyrrole nitrogens is 1. The van der Waals surface area contributed by atoms with Gasteiger partial charge < -0.3 is 0 Å². The molecule has 28 heavy (non-hydrogen) atoms. The van der Waals surface area contributed by atoms with Crippen molar-refractivity contribution in [3.8, 4) is 11.1 Å². The second-order valence-corrected chi connectivity index (χ2v) is 6.83. The van der Waals surface area contributed by atoms with E-state index in [1.165, 1.54) is 6.20 Å². The van der Waals surface area contributed by atoms with Gasteiger partial charge in [0.15, 0.2) is 0 Å². The van der Waals surface area contributed by atoms with Crippen LogP contribution in [0.15, 0.2) is 71.9 Å². The van der Waals surface area contributed by atoms with Crippen molar-refractivity contribution in [2.75, 3.05) is 0 Å². The van der Waals surface area contributed by atoms with Crippen molar-refractivity contribution >= 4 is 21.9 Å². The molecule has 0 fully saturated rings. The molecule has 0 unspecified atom stereocenters. The molecule has 0 aliphatic carbocycles. The van der Waals surface area contributed by atoms with Crippen LogP contribution in [0, 0.1) is 6.92 Å². The second kappa shape index (κ2) is 6.42. The highest BCUT2D eigenvalue weighted by Crippen LogP contribution is 2.25. The maximum atomic E-state index is 12.4. The van der Waals surface area contributed by atoms with Crippen LogP contribution >= 0.6 is 0 Å². The molecule has 0 aliphatic rings. The van der Waals surface area contributed by atoms with Gasteiger partial charge in [-0.2, -0.15) is 5.10 Å². The molecule has 6 heteroatoms. The molecule has 0 aliphatic heterocycles. The van der Waals surface area contributed by atoms with E-state index in [1.54, 1.807) is 17.0 Å². The summed E-state index contributed by atoms with van der Waals surface area (Å²) in [4.78, 5) is 20.7. The number of aryl methyl sites for hydroxylation is 1. The van der Waals surface area contributed by atoms with Gasteiger partial charge in [-0.1, -0.05) is 30.3 Å². The highest BCUT2D eigenvalue weighted by atomic mass is 16.1. The van der Waals surface area contributed by atoms with Crippen molar-refractivity contribution < 1.29 is 0 Å². The van der Waals surface area contributed by atoms with E-state index in [0.29, 0.717) is 6.54 Å². The van der Waals surface area contributed by atoms with E-state index in [9.17, 15) is 4.79 Å². The Labute approximate surface area is 160 Å². The van der Waals surface area contributed by atoms with Gasteiger partial charge in [0.25, 0.3) is 5.56 Å². The number of aromatic amines is 1. The number of hydrogen-bond acceptors (Lipinski definition) is 4. The van der Waals surface area contributed by atoms with Gasteiger partial charge in [0, 0.05) is 17.3 Å². The molecule has 3 heterocycles. The summed E-state index contributed by atoms with van der Waals surface area (Å²) < 4.78 is 1.70. The summed E-state index contributed by atoms with van der Waals surface area (Å²) in [7, 11) is 0. The third-order valence-corrected chi connectivity index (χ3v) is 5.00. The molecule has 0 saturated heterocycles. The minimum Gasteiger partial charge on any atom is -0.300 e. The molecular formula is C22H17N5O. The highest BCUT2D eigenvalue weighted by Gasteiger charge is 2.08. The van der Waals surface area contributed by atoms with Gasteiger partial charge in [-0.15, -0.1) is 0 Å². The Balaban J connectivity index is 1.56. The fourth-order valence-electron chi connectivity index (χ4n) is 3.53. The van der Waals surface area contributed by atoms with E-state index in [1.807, 2.05) is 25.1 Å². The molecular weight excluding hydrogens is 350 g/mol. The van der Waals surface area contributed by atoms with Crippen molar-refractivity contribution in [2.24, 2.45) is 0 Å². The fraction of sp³-hybridized carbons (Fsp3) is 0.0909. The zero-order valence-electron chi connectivity index (χ0n) is 15.3. The molecule has 136 valence electrons. The topological polar surface area (TPSA) is 76.5 Å². The van der Waals surface area contributed by atoms with E-state index in [0.717, 1.165) is 44.3 Å². The number of pyridine rings is 1. The lowest BCUT2D eigenvalue weighted by molar-refractivity contribution is 0.785. The monoisotopic (exact) mass is 367 g/mol. The Morgan fingerprint density at radius 2 is 1.89 bits per heavy atom. The summed E-state index contributed by atoms with van der Waals surface area (Å²) in [5.74, 6) is 0. The number of aromatic nitrogens is 5. The Kier molecular flexibility index (Phi) is 3.76. The summed E-state index contributed by atoms with van der Waals surface area (Å²) in [6.45, 7) is 2.47. The Bertz CT molecular complexity index is 1380. The lowest BCUT2D eigenvalue weighted by Crippen LogP contribution is -2.21. The summed E-state index contributed by atoms with van der Waals surface area (Å²) in [5, 5.41) is 8.51. The Hall–Kier alpha value is -3.80. The first-order valence-electron chi connectivity index (χ1n) is 9.03. The minimum absolute atomic E-state index is 0.140. The molecule has 5 aromatic rings. The van der Waals surface area contributed by atoms with Crippen LogP contribution < -0.4 is 5.56 Å². The summed E-state index contributed by atoms with van der Waals surface area (Å²) in [6, 6.07) is 16.3. The number of fused-ring (bicyclic) bond motifs is 2. The Morgan fingerprint density at radius 3 is 2.82 bits per heavy atom. The predicted molar refractivity (Wildman–Crippen MR) is 109 cm³/mol. The summed E-state index contributed by atoms with van der Waals surface area (Å²) >= 11 is 0. The summed E-state index contributed by atoms with van der Waals surface area (Å²) in [6.07, 6.45) is 4.72. The second-order valence-electron chi connectivity index (χ2n) is 6.83. The number of rotatable bonds is 3. The van der Waals surface area contributed by atoms with Gasteiger partial charge in [0.1, 0.15) is 0 Å². The van der Waals surface area contributed by atoms with Crippen LogP contribution in [0.4, 0.5) is 0 Å². The smallest absolute Gasteiger partial charge is 0.269 e. The van der Waals surface area contributed by atoms with Crippen LogP contribution in [0.1, 0.15) is 11.3 Å². The number of benzene rings is 2. The standard InChI is InChI=1S/C22H17N5O/c1-14-18-6-5-17(10-20(18)26-25-14)16-4-2-3-15(9-16)13-27-21-11-23-8-7-19(21)24-12-22(27)28/h2-12H,13H2,1H3,(H,25,26). The lowest BCUT2D eigenvalue weighted by Gasteiger charge is -2.10. The first kappa shape index (κ1) is 16.4. The van der Waals surface area contributed by atoms with Crippen LogP contribution in [-0.4, -0.2) is 24.7 Å². The van der Waals surface area contributed by atoms with Crippen LogP contribution in [-0.2, 0) is 6.54 Å². The van der Waals surface area contributed by atoms with E-state index in [-0.39, 0.29) is 5.56 Å². The molecule has 3 aromatic heterocycles. The molecule has 6 nitrogen and oxygen atoms in total. The van der Waals surface area contributed by atoms with Crippen molar-refractivity contribution in [3.63, 3.8) is 0 Å². The van der Waals surface area contributed by atoms with E-state index >= 15 is 0 Å². The average molecular weight is 367 g/mol. The highest BCUT2D eigenvalue weighted by molar-refractivity contribution is 5.86. The number of nitrogens with zero attached hydrogens (tertiary/aromatic N) is 4. The normalized spacial score (nSPS) is 11.3. The van der Waals surface area contributed by atoms with Crippen LogP contribution in [0.3, 0.4) is 0 Å². The third kappa shape index (κ3) is 2.75. The van der Waals surface area contributed by atoms with Crippen LogP contribution in [0.25, 0.3) is 33.1 Å². The molecule has 0 spiro atoms. The molecule has 0 amide bonds. The van der Waals surface area contributed by atoms with Crippen LogP contribution in [0.5, 0.6) is 0 Å². The quantitative estimate of drug-likeness (QED) is 0.528. The number of nitrogens with one attached hydrogen (secondary N) is 1. The zero-order chi connectivity index (χ0) is 19.1. The van der Waals surface area contributed by atoms with Gasteiger partial charge in [-0.3, -0.25) is 19.4 Å². The van der Waals surface area contributed by atoms with Gasteiger partial charge in [0.2, 0.25) is 0 Å². The van der Waals surface area contributed by atoms with Crippen molar-refractivity contribution in [2.45, 2.75) is 13.5 Å². The fourth-order valence-corrected chi connectivity index (χ4v) is 3.53. The number of hydrogen-bond donors (Lipinski definition) is 1. The van der Waals surface area contributed by atoms with Crippen molar-refractivity contribution in [3.05, 3.63) is 88.7 Å². The first-order valence-corrected chi connectivity index (χ1v) is 9.03. The molecule has 0 bridgehead atoms. The predicted octanol–water partition coefficient (Wildman–Crippen LogP) is 3.69. The van der Waals surface area contributed by atoms with Crippen molar-refractivity contribution in [1.82, 2.24) is 24.7 Å². The van der Waals surface area contributed by atoms with Gasteiger partial charge in [-0.25, -0.2) is 4.98 Å². The molecule has 2 aromatic carbocycles. The molecule has 0 saturated carbocycles. The lowest BCUT2D eigenvalue weighted by atomic mass is 10.0. The van der Waals surface area contributed by atoms with Gasteiger partial charge >= 0.3 is 0 Å². The maximum Gasteiger partial charge on any atom is 0.269 e. The van der Waals surface area contributed by atoms with E-state index in [2.05, 4.69) is 50.5 Å². The minimum atomic E-state index is -0.140. The largest absolute Gasteiger partial charge is 0.300 e. The maximum absolute atomic E-state index is 12.4. The molecule has 0 atom stereocenters. The van der Waals surface area contributed by atoms with Crippen LogP contribution in [0.2, 0.25) is 0 Å². The van der Waals surface area contributed by atoms with E-state index in [4.69, 9.17) is 0 Å². The average Bonchev–Trinajstić information content (AvgIpc) is 3.11. The molecule has 0 radical (unpaired) electrons. The zero-order valence-corrected chi connectivity index (χ0v) is 15.3. The molecule has 5 rings (SSSR count). The SMILES string of the molecule is Cc1[nH]nc2cc(-c3cccc(Cn4c(=O)cnc5ccncc54)c3)ccc12. The van der Waals surface area contributed by atoms with Gasteiger partial charge in [0.05, 0.1) is 35.5 Å². The third-order valence-electron chi connectivity index (χ3n) is 5.00.